The van der Waals surface area contributed by atoms with Crippen LogP contribution < -0.4 is 0 Å². The lowest BCUT2D eigenvalue weighted by Crippen LogP contribution is -2.04. The lowest BCUT2D eigenvalue weighted by Gasteiger charge is -2.11. The molecule has 0 saturated heterocycles. The Bertz CT molecular complexity index is 867. The van der Waals surface area contributed by atoms with E-state index in [1.165, 1.54) is 0 Å². The van der Waals surface area contributed by atoms with Gasteiger partial charge in [-0.3, -0.25) is 0 Å². The Kier molecular flexibility index (Phi) is 3.48. The second kappa shape index (κ2) is 5.93. The Morgan fingerprint density at radius 3 is 2.26 bits per heavy atom. The number of H-pyrrole nitrogens is 1. The zero-order valence-electron chi connectivity index (χ0n) is 12.4. The zero-order valence-corrected chi connectivity index (χ0v) is 12.4. The fourth-order valence-corrected chi connectivity index (χ4v) is 2.68. The molecule has 1 unspecified atom stereocenters. The van der Waals surface area contributed by atoms with E-state index in [9.17, 15) is 0 Å². The average Bonchev–Trinajstić information content (AvgIpc) is 3.30. The first-order valence-corrected chi connectivity index (χ1v) is 7.49. The highest BCUT2D eigenvalue weighted by atomic mass is 16.5. The summed E-state index contributed by atoms with van der Waals surface area (Å²) in [6.45, 7) is 0. The normalized spacial score (nSPS) is 12.2. The van der Waals surface area contributed by atoms with Crippen LogP contribution in [0.5, 0.6) is 0 Å². The number of hydrogen-bond donors (Lipinski definition) is 1. The van der Waals surface area contributed by atoms with Gasteiger partial charge < -0.3 is 9.51 Å². The Morgan fingerprint density at radius 1 is 0.826 bits per heavy atom. The van der Waals surface area contributed by atoms with Crippen LogP contribution in [0, 0.1) is 0 Å². The molecule has 2 aromatic heterocycles. The van der Waals surface area contributed by atoms with Crippen LogP contribution in [0.15, 0.2) is 83.5 Å². The van der Waals surface area contributed by atoms with Crippen molar-refractivity contribution in [3.63, 3.8) is 0 Å². The molecular weight excluding hydrogens is 286 g/mol. The Hall–Kier alpha value is -3.14. The second-order valence-electron chi connectivity index (χ2n) is 5.29. The summed E-state index contributed by atoms with van der Waals surface area (Å²) >= 11 is 0. The summed E-state index contributed by atoms with van der Waals surface area (Å²) in [5.41, 5.74) is 3.08. The number of benzene rings is 2. The lowest BCUT2D eigenvalue weighted by atomic mass is 9.96. The Labute approximate surface area is 133 Å². The fraction of sp³-hybridized carbons (Fsp3) is 0.0526. The van der Waals surface area contributed by atoms with Crippen LogP contribution in [-0.4, -0.2) is 15.1 Å². The van der Waals surface area contributed by atoms with E-state index >= 15 is 0 Å². The van der Waals surface area contributed by atoms with Crippen molar-refractivity contribution in [3.8, 4) is 11.4 Å². The highest BCUT2D eigenvalue weighted by molar-refractivity contribution is 5.54. The van der Waals surface area contributed by atoms with E-state index in [2.05, 4.69) is 27.3 Å². The van der Waals surface area contributed by atoms with E-state index in [1.807, 2.05) is 66.9 Å². The van der Waals surface area contributed by atoms with E-state index < -0.39 is 0 Å². The van der Waals surface area contributed by atoms with Crippen LogP contribution >= 0.6 is 0 Å². The van der Waals surface area contributed by atoms with Crippen molar-refractivity contribution in [2.45, 2.75) is 5.92 Å². The van der Waals surface area contributed by atoms with Crippen LogP contribution in [0.2, 0.25) is 0 Å². The molecule has 23 heavy (non-hydrogen) atoms. The molecule has 0 saturated carbocycles. The summed E-state index contributed by atoms with van der Waals surface area (Å²) < 4.78 is 5.58. The molecule has 4 rings (SSSR count). The quantitative estimate of drug-likeness (QED) is 0.613. The van der Waals surface area contributed by atoms with Crippen molar-refractivity contribution >= 4 is 0 Å². The van der Waals surface area contributed by atoms with Crippen LogP contribution in [0.4, 0.5) is 0 Å². The lowest BCUT2D eigenvalue weighted by molar-refractivity contribution is 0.374. The number of aromatic amines is 1. The maximum absolute atomic E-state index is 5.58. The molecule has 1 N–H and O–H groups in total. The highest BCUT2D eigenvalue weighted by Gasteiger charge is 2.24. The zero-order chi connectivity index (χ0) is 15.5. The highest BCUT2D eigenvalue weighted by Crippen LogP contribution is 2.30. The third-order valence-electron chi connectivity index (χ3n) is 3.79. The van der Waals surface area contributed by atoms with Crippen molar-refractivity contribution in [3.05, 3.63) is 96.1 Å². The molecule has 0 bridgehead atoms. The van der Waals surface area contributed by atoms with Crippen molar-refractivity contribution < 1.29 is 4.52 Å². The van der Waals surface area contributed by atoms with Crippen LogP contribution in [0.1, 0.15) is 23.1 Å². The summed E-state index contributed by atoms with van der Waals surface area (Å²) in [5.74, 6) is 1.08. The smallest absolute Gasteiger partial charge is 0.240 e. The molecule has 112 valence electrons. The SMILES string of the molecule is c1ccc(-c2noc(C(c3ccccc3)c3ccc[nH]3)n2)cc1. The van der Waals surface area contributed by atoms with E-state index in [4.69, 9.17) is 4.52 Å². The molecule has 0 aliphatic rings. The van der Waals surface area contributed by atoms with Crippen LogP contribution in [0.3, 0.4) is 0 Å². The molecular formula is C19H15N3O. The second-order valence-corrected chi connectivity index (χ2v) is 5.29. The van der Waals surface area contributed by atoms with E-state index in [0.29, 0.717) is 11.7 Å². The van der Waals surface area contributed by atoms with E-state index in [1.54, 1.807) is 0 Å². The predicted octanol–water partition coefficient (Wildman–Crippen LogP) is 4.24. The number of aromatic nitrogens is 3. The monoisotopic (exact) mass is 301 g/mol. The Balaban J connectivity index is 1.78. The topological polar surface area (TPSA) is 54.7 Å². The van der Waals surface area contributed by atoms with Crippen molar-refractivity contribution in [2.24, 2.45) is 0 Å². The van der Waals surface area contributed by atoms with Crippen molar-refractivity contribution in [1.29, 1.82) is 0 Å². The molecule has 4 heteroatoms. The molecule has 2 heterocycles. The number of nitrogens with one attached hydrogen (secondary N) is 1. The first-order chi connectivity index (χ1) is 11.4. The molecule has 0 spiro atoms. The van der Waals surface area contributed by atoms with Gasteiger partial charge in [-0.15, -0.1) is 0 Å². The molecule has 0 radical (unpaired) electrons. The number of nitrogens with zero attached hydrogens (tertiary/aromatic N) is 2. The Morgan fingerprint density at radius 2 is 1.57 bits per heavy atom. The maximum atomic E-state index is 5.58. The van der Waals surface area contributed by atoms with Gasteiger partial charge in [-0.2, -0.15) is 4.98 Å². The standard InChI is InChI=1S/C19H15N3O/c1-3-8-14(9-4-1)17(16-12-7-13-20-16)19-21-18(22-23-19)15-10-5-2-6-11-15/h1-13,17,20H. The van der Waals surface area contributed by atoms with Gasteiger partial charge in [0.15, 0.2) is 0 Å². The van der Waals surface area contributed by atoms with Gasteiger partial charge in [-0.1, -0.05) is 65.8 Å². The third-order valence-corrected chi connectivity index (χ3v) is 3.79. The predicted molar refractivity (Wildman–Crippen MR) is 87.9 cm³/mol. The molecule has 1 atom stereocenters. The van der Waals surface area contributed by atoms with Gasteiger partial charge >= 0.3 is 0 Å². The fourth-order valence-electron chi connectivity index (χ4n) is 2.68. The maximum Gasteiger partial charge on any atom is 0.240 e. The third kappa shape index (κ3) is 2.66. The van der Waals surface area contributed by atoms with Gasteiger partial charge in [0.2, 0.25) is 11.7 Å². The summed E-state index contributed by atoms with van der Waals surface area (Å²) in [5, 5.41) is 4.14. The molecule has 0 fully saturated rings. The van der Waals surface area contributed by atoms with Crippen LogP contribution in [0.25, 0.3) is 11.4 Å². The molecule has 0 aliphatic heterocycles. The van der Waals surface area contributed by atoms with Gasteiger partial charge in [-0.25, -0.2) is 0 Å². The molecule has 4 aromatic rings. The summed E-state index contributed by atoms with van der Waals surface area (Å²) in [7, 11) is 0. The molecule has 2 aromatic carbocycles. The van der Waals surface area contributed by atoms with E-state index in [-0.39, 0.29) is 5.92 Å². The van der Waals surface area contributed by atoms with Crippen LogP contribution in [-0.2, 0) is 0 Å². The van der Waals surface area contributed by atoms with Gasteiger partial charge in [0.05, 0.1) is 0 Å². The average molecular weight is 301 g/mol. The number of hydrogen-bond acceptors (Lipinski definition) is 3. The van der Waals surface area contributed by atoms with Gasteiger partial charge in [0, 0.05) is 17.5 Å². The van der Waals surface area contributed by atoms with Crippen molar-refractivity contribution in [1.82, 2.24) is 15.1 Å². The number of rotatable bonds is 4. The molecule has 0 amide bonds. The van der Waals surface area contributed by atoms with E-state index in [0.717, 1.165) is 16.8 Å². The molecule has 4 nitrogen and oxygen atoms in total. The van der Waals surface area contributed by atoms with Gasteiger partial charge in [0.1, 0.15) is 5.92 Å². The summed E-state index contributed by atoms with van der Waals surface area (Å²) in [6, 6.07) is 24.0. The largest absolute Gasteiger partial charge is 0.364 e. The summed E-state index contributed by atoms with van der Waals surface area (Å²) in [6.07, 6.45) is 1.90. The van der Waals surface area contributed by atoms with Crippen molar-refractivity contribution in [2.75, 3.05) is 0 Å². The summed E-state index contributed by atoms with van der Waals surface area (Å²) in [4.78, 5) is 7.87. The van der Waals surface area contributed by atoms with Gasteiger partial charge in [0.25, 0.3) is 0 Å². The molecule has 0 aliphatic carbocycles. The van der Waals surface area contributed by atoms with Gasteiger partial charge in [-0.05, 0) is 17.7 Å². The first kappa shape index (κ1) is 13.5. The first-order valence-electron chi connectivity index (χ1n) is 7.49. The minimum atomic E-state index is -0.101. The minimum Gasteiger partial charge on any atom is -0.364 e. The minimum absolute atomic E-state index is 0.101.